The number of para-hydroxylation sites is 1. The fourth-order valence-electron chi connectivity index (χ4n) is 2.98. The first-order valence-electron chi connectivity index (χ1n) is 10.1. The number of rotatable bonds is 9. The van der Waals surface area contributed by atoms with Gasteiger partial charge in [0.15, 0.2) is 11.0 Å². The summed E-state index contributed by atoms with van der Waals surface area (Å²) in [6, 6.07) is 11.4. The smallest absolute Gasteiger partial charge is 0.270 e. The molecular weight excluding hydrogens is 464 g/mol. The minimum absolute atomic E-state index is 0.134. The molecule has 4 rings (SSSR count). The van der Waals surface area contributed by atoms with Crippen molar-refractivity contribution in [2.24, 2.45) is 0 Å². The number of nitrogens with one attached hydrogen (secondary N) is 1. The van der Waals surface area contributed by atoms with Gasteiger partial charge in [-0.1, -0.05) is 48.8 Å². The number of nitrogens with zero attached hydrogens (tertiary/aromatic N) is 5. The molecule has 3 aromatic heterocycles. The van der Waals surface area contributed by atoms with E-state index in [1.165, 1.54) is 23.1 Å². The molecular formula is C22H21ClN6OS2. The number of halogens is 1. The number of pyridine rings is 1. The van der Waals surface area contributed by atoms with E-state index in [1.807, 2.05) is 41.0 Å². The summed E-state index contributed by atoms with van der Waals surface area (Å²) in [7, 11) is 0. The third-order valence-corrected chi connectivity index (χ3v) is 6.88. The number of carbonyl (C=O) groups excluding carboxylic acids is 1. The van der Waals surface area contributed by atoms with Gasteiger partial charge >= 0.3 is 0 Å². The lowest BCUT2D eigenvalue weighted by Gasteiger charge is -2.11. The van der Waals surface area contributed by atoms with E-state index in [0.29, 0.717) is 34.0 Å². The fraction of sp³-hybridized carbons (Fsp3) is 0.227. The molecule has 0 aliphatic rings. The first-order valence-corrected chi connectivity index (χ1v) is 12.4. The Morgan fingerprint density at radius 2 is 2.00 bits per heavy atom. The van der Waals surface area contributed by atoms with Gasteiger partial charge < -0.3 is 5.32 Å². The monoisotopic (exact) mass is 484 g/mol. The topological polar surface area (TPSA) is 85.6 Å². The minimum Gasteiger partial charge on any atom is -0.351 e. The van der Waals surface area contributed by atoms with Crippen LogP contribution in [0.2, 0.25) is 5.02 Å². The molecule has 32 heavy (non-hydrogen) atoms. The first-order chi connectivity index (χ1) is 15.7. The van der Waals surface area contributed by atoms with Gasteiger partial charge in [0, 0.05) is 29.9 Å². The molecule has 4 aromatic rings. The maximum Gasteiger partial charge on any atom is 0.270 e. The highest BCUT2D eigenvalue weighted by Crippen LogP contribution is 2.32. The van der Waals surface area contributed by atoms with Gasteiger partial charge in [0.1, 0.15) is 10.7 Å². The summed E-state index contributed by atoms with van der Waals surface area (Å²) in [4.78, 5) is 20.8. The molecule has 0 aliphatic carbocycles. The van der Waals surface area contributed by atoms with Crippen LogP contribution in [0.15, 0.2) is 59.3 Å². The number of carbonyl (C=O) groups is 1. The van der Waals surface area contributed by atoms with Crippen LogP contribution in [-0.2, 0) is 5.75 Å². The van der Waals surface area contributed by atoms with Crippen LogP contribution in [0.1, 0.15) is 35.3 Å². The van der Waals surface area contributed by atoms with Crippen LogP contribution >= 0.6 is 34.7 Å². The van der Waals surface area contributed by atoms with Crippen molar-refractivity contribution in [2.45, 2.75) is 30.7 Å². The molecule has 3 heterocycles. The Labute approximate surface area is 199 Å². The number of aromatic nitrogens is 5. The van der Waals surface area contributed by atoms with Crippen molar-refractivity contribution < 1.29 is 4.79 Å². The molecule has 1 aromatic carbocycles. The molecule has 0 saturated heterocycles. The summed E-state index contributed by atoms with van der Waals surface area (Å²) >= 11 is 9.46. The highest BCUT2D eigenvalue weighted by atomic mass is 35.5. The van der Waals surface area contributed by atoms with Crippen molar-refractivity contribution in [3.05, 3.63) is 69.9 Å². The molecule has 0 bridgehead atoms. The van der Waals surface area contributed by atoms with Crippen LogP contribution in [0.5, 0.6) is 0 Å². The number of hydrogen-bond acceptors (Lipinski definition) is 7. The molecule has 0 unspecified atom stereocenters. The molecule has 10 heteroatoms. The van der Waals surface area contributed by atoms with Crippen molar-refractivity contribution in [1.29, 1.82) is 0 Å². The van der Waals surface area contributed by atoms with E-state index in [9.17, 15) is 4.79 Å². The predicted octanol–water partition coefficient (Wildman–Crippen LogP) is 5.26. The molecule has 0 atom stereocenters. The highest BCUT2D eigenvalue weighted by Gasteiger charge is 2.19. The summed E-state index contributed by atoms with van der Waals surface area (Å²) in [6.45, 7) is 2.75. The van der Waals surface area contributed by atoms with Crippen LogP contribution in [-0.4, -0.2) is 37.2 Å². The van der Waals surface area contributed by atoms with Gasteiger partial charge in [-0.05, 0) is 30.7 Å². The number of amides is 1. The van der Waals surface area contributed by atoms with Crippen LogP contribution in [0.3, 0.4) is 0 Å². The van der Waals surface area contributed by atoms with E-state index < -0.39 is 0 Å². The SMILES string of the molecule is CCCCNC(=O)c1csc(CSc2nnc(-c3ccncc3)n2-c2ccccc2Cl)n1. The molecule has 164 valence electrons. The van der Waals surface area contributed by atoms with Gasteiger partial charge in [-0.3, -0.25) is 14.3 Å². The van der Waals surface area contributed by atoms with Crippen LogP contribution in [0.4, 0.5) is 0 Å². The third-order valence-electron chi connectivity index (χ3n) is 4.59. The Balaban J connectivity index is 1.57. The van der Waals surface area contributed by atoms with Gasteiger partial charge in [-0.15, -0.1) is 21.5 Å². The van der Waals surface area contributed by atoms with Crippen LogP contribution < -0.4 is 5.32 Å². The molecule has 0 spiro atoms. The van der Waals surface area contributed by atoms with E-state index in [2.05, 4.69) is 32.4 Å². The van der Waals surface area contributed by atoms with E-state index in [4.69, 9.17) is 11.6 Å². The predicted molar refractivity (Wildman–Crippen MR) is 129 cm³/mol. The maximum absolute atomic E-state index is 12.2. The quantitative estimate of drug-likeness (QED) is 0.257. The average Bonchev–Trinajstić information content (AvgIpc) is 3.46. The van der Waals surface area contributed by atoms with Gasteiger partial charge in [-0.25, -0.2) is 4.98 Å². The molecule has 1 amide bonds. The van der Waals surface area contributed by atoms with E-state index in [-0.39, 0.29) is 5.91 Å². The lowest BCUT2D eigenvalue weighted by Crippen LogP contribution is -2.24. The number of thiazole rings is 1. The summed E-state index contributed by atoms with van der Waals surface area (Å²) in [6.07, 6.45) is 5.43. The zero-order valence-corrected chi connectivity index (χ0v) is 19.8. The fourth-order valence-corrected chi connectivity index (χ4v) is 4.94. The van der Waals surface area contributed by atoms with Crippen molar-refractivity contribution in [1.82, 2.24) is 30.0 Å². The van der Waals surface area contributed by atoms with Gasteiger partial charge in [0.2, 0.25) is 0 Å². The summed E-state index contributed by atoms with van der Waals surface area (Å²) in [5, 5.41) is 15.6. The molecule has 1 N–H and O–H groups in total. The normalized spacial score (nSPS) is 10.9. The summed E-state index contributed by atoms with van der Waals surface area (Å²) in [5.74, 6) is 1.11. The van der Waals surface area contributed by atoms with Crippen LogP contribution in [0, 0.1) is 0 Å². The lowest BCUT2D eigenvalue weighted by molar-refractivity contribution is 0.0948. The van der Waals surface area contributed by atoms with Gasteiger partial charge in [0.25, 0.3) is 5.91 Å². The largest absolute Gasteiger partial charge is 0.351 e. The number of unbranched alkanes of at least 4 members (excludes halogenated alkanes) is 1. The van der Waals surface area contributed by atoms with Crippen LogP contribution in [0.25, 0.3) is 17.1 Å². The Kier molecular flexibility index (Phi) is 7.51. The first kappa shape index (κ1) is 22.4. The minimum atomic E-state index is -0.134. The maximum atomic E-state index is 12.2. The standard InChI is InChI=1S/C22H21ClN6OS2/c1-2-3-10-25-21(30)17-13-31-19(26-17)14-32-22-28-27-20(15-8-11-24-12-9-15)29(22)18-7-5-4-6-16(18)23/h4-9,11-13H,2-3,10,14H2,1H3,(H,25,30). The molecule has 0 saturated carbocycles. The van der Waals surface area contributed by atoms with Crippen molar-refractivity contribution in [2.75, 3.05) is 6.54 Å². The third kappa shape index (κ3) is 5.17. The Hall–Kier alpha value is -2.75. The molecule has 0 aliphatic heterocycles. The molecule has 7 nitrogen and oxygen atoms in total. The summed E-state index contributed by atoms with van der Waals surface area (Å²) < 4.78 is 1.94. The zero-order chi connectivity index (χ0) is 22.3. The second-order valence-corrected chi connectivity index (χ2v) is 9.15. The lowest BCUT2D eigenvalue weighted by atomic mass is 10.2. The van der Waals surface area contributed by atoms with E-state index in [1.54, 1.807) is 17.8 Å². The van der Waals surface area contributed by atoms with Gasteiger partial charge in [-0.2, -0.15) is 0 Å². The van der Waals surface area contributed by atoms with Crippen molar-refractivity contribution in [3.8, 4) is 17.1 Å². The average molecular weight is 485 g/mol. The second-order valence-electron chi connectivity index (χ2n) is 6.85. The number of hydrogen-bond donors (Lipinski definition) is 1. The Bertz CT molecular complexity index is 1190. The number of thioether (sulfide) groups is 1. The number of benzene rings is 1. The van der Waals surface area contributed by atoms with Crippen molar-refractivity contribution >= 4 is 40.6 Å². The second kappa shape index (κ2) is 10.7. The highest BCUT2D eigenvalue weighted by molar-refractivity contribution is 7.98. The molecule has 0 fully saturated rings. The Morgan fingerprint density at radius 3 is 2.78 bits per heavy atom. The molecule has 0 radical (unpaired) electrons. The van der Waals surface area contributed by atoms with Crippen molar-refractivity contribution in [3.63, 3.8) is 0 Å². The zero-order valence-electron chi connectivity index (χ0n) is 17.4. The van der Waals surface area contributed by atoms with E-state index >= 15 is 0 Å². The van der Waals surface area contributed by atoms with E-state index in [0.717, 1.165) is 29.1 Å². The summed E-state index contributed by atoms with van der Waals surface area (Å²) in [5.41, 5.74) is 2.13. The Morgan fingerprint density at radius 1 is 1.19 bits per heavy atom. The van der Waals surface area contributed by atoms with Gasteiger partial charge in [0.05, 0.1) is 16.5 Å².